The van der Waals surface area contributed by atoms with E-state index >= 15 is 0 Å². The maximum absolute atomic E-state index is 11.2. The number of sulfone groups is 1. The van der Waals surface area contributed by atoms with Gasteiger partial charge < -0.3 is 0 Å². The van der Waals surface area contributed by atoms with Crippen molar-refractivity contribution in [1.82, 2.24) is 0 Å². The van der Waals surface area contributed by atoms with Crippen molar-refractivity contribution in [2.24, 2.45) is 5.41 Å². The van der Waals surface area contributed by atoms with E-state index in [0.717, 1.165) is 5.56 Å². The molecule has 0 aliphatic carbocycles. The standard InChI is InChI=1S/C12H15NO2S/c1-12(2,9-13)8-10-4-6-11(7-5-10)16(3,14)15/h4-7H,8H2,1-3H3. The zero-order valence-corrected chi connectivity index (χ0v) is 10.5. The maximum Gasteiger partial charge on any atom is 0.175 e. The molecule has 0 aromatic heterocycles. The van der Waals surface area contributed by atoms with Crippen LogP contribution in [0.4, 0.5) is 0 Å². The van der Waals surface area contributed by atoms with Crippen molar-refractivity contribution in [1.29, 1.82) is 5.26 Å². The van der Waals surface area contributed by atoms with E-state index < -0.39 is 15.3 Å². The van der Waals surface area contributed by atoms with Crippen LogP contribution < -0.4 is 0 Å². The Labute approximate surface area is 96.6 Å². The molecule has 0 heterocycles. The van der Waals surface area contributed by atoms with E-state index in [2.05, 4.69) is 6.07 Å². The molecule has 16 heavy (non-hydrogen) atoms. The summed E-state index contributed by atoms with van der Waals surface area (Å²) in [5.41, 5.74) is 0.547. The largest absolute Gasteiger partial charge is 0.224 e. The summed E-state index contributed by atoms with van der Waals surface area (Å²) in [6.07, 6.45) is 1.80. The highest BCUT2D eigenvalue weighted by Gasteiger charge is 2.17. The number of nitrogens with zero attached hydrogens (tertiary/aromatic N) is 1. The van der Waals surface area contributed by atoms with Gasteiger partial charge in [-0.3, -0.25) is 0 Å². The van der Waals surface area contributed by atoms with Crippen LogP contribution in [0.3, 0.4) is 0 Å². The van der Waals surface area contributed by atoms with Gasteiger partial charge >= 0.3 is 0 Å². The first-order valence-corrected chi connectivity index (χ1v) is 6.84. The highest BCUT2D eigenvalue weighted by molar-refractivity contribution is 7.90. The monoisotopic (exact) mass is 237 g/mol. The second-order valence-corrected chi connectivity index (χ2v) is 6.60. The van der Waals surface area contributed by atoms with Crippen LogP contribution in [0.25, 0.3) is 0 Å². The number of nitriles is 1. The van der Waals surface area contributed by atoms with Gasteiger partial charge in [-0.15, -0.1) is 0 Å². The van der Waals surface area contributed by atoms with E-state index in [1.807, 2.05) is 13.8 Å². The highest BCUT2D eigenvalue weighted by Crippen LogP contribution is 2.21. The van der Waals surface area contributed by atoms with E-state index in [9.17, 15) is 8.42 Å². The molecule has 0 spiro atoms. The number of hydrogen-bond donors (Lipinski definition) is 0. The van der Waals surface area contributed by atoms with Gasteiger partial charge in [0.2, 0.25) is 0 Å². The Bertz CT molecular complexity index is 507. The maximum atomic E-state index is 11.2. The fourth-order valence-electron chi connectivity index (χ4n) is 1.40. The van der Waals surface area contributed by atoms with Crippen LogP contribution >= 0.6 is 0 Å². The van der Waals surface area contributed by atoms with E-state index in [1.54, 1.807) is 24.3 Å². The van der Waals surface area contributed by atoms with Gasteiger partial charge in [-0.1, -0.05) is 12.1 Å². The van der Waals surface area contributed by atoms with Crippen molar-refractivity contribution in [3.05, 3.63) is 29.8 Å². The quantitative estimate of drug-likeness (QED) is 0.809. The summed E-state index contributed by atoms with van der Waals surface area (Å²) >= 11 is 0. The average Bonchev–Trinajstić information content (AvgIpc) is 2.16. The summed E-state index contributed by atoms with van der Waals surface area (Å²) in [7, 11) is -3.13. The third-order valence-electron chi connectivity index (χ3n) is 2.30. The van der Waals surface area contributed by atoms with Crippen molar-refractivity contribution in [2.45, 2.75) is 25.2 Å². The molecule has 4 heteroatoms. The van der Waals surface area contributed by atoms with Gasteiger partial charge in [-0.2, -0.15) is 5.26 Å². The molecule has 0 saturated heterocycles. The Morgan fingerprint density at radius 1 is 1.25 bits per heavy atom. The summed E-state index contributed by atoms with van der Waals surface area (Å²) in [6, 6.07) is 8.90. The molecule has 0 aliphatic rings. The van der Waals surface area contributed by atoms with Crippen LogP contribution in [-0.2, 0) is 16.3 Å². The molecule has 0 saturated carbocycles. The number of hydrogen-bond acceptors (Lipinski definition) is 3. The van der Waals surface area contributed by atoms with Crippen LogP contribution in [0.5, 0.6) is 0 Å². The minimum absolute atomic E-state index is 0.311. The Balaban J connectivity index is 2.94. The second-order valence-electron chi connectivity index (χ2n) is 4.59. The highest BCUT2D eigenvalue weighted by atomic mass is 32.2. The molecule has 3 nitrogen and oxygen atoms in total. The lowest BCUT2D eigenvalue weighted by atomic mass is 9.87. The summed E-state index contributed by atoms with van der Waals surface area (Å²) < 4.78 is 22.5. The molecule has 1 rings (SSSR count). The van der Waals surface area contributed by atoms with Gasteiger partial charge in [0.1, 0.15) is 0 Å². The first-order valence-electron chi connectivity index (χ1n) is 4.95. The number of rotatable bonds is 3. The van der Waals surface area contributed by atoms with E-state index in [1.165, 1.54) is 6.26 Å². The molecule has 0 atom stereocenters. The summed E-state index contributed by atoms with van der Waals surface area (Å²) in [6.45, 7) is 3.72. The minimum atomic E-state index is -3.13. The lowest BCUT2D eigenvalue weighted by molar-refractivity contribution is 0.493. The van der Waals surface area contributed by atoms with Crippen LogP contribution in [0.1, 0.15) is 19.4 Å². The second kappa shape index (κ2) is 4.26. The van der Waals surface area contributed by atoms with Crippen molar-refractivity contribution in [3.63, 3.8) is 0 Å². The lowest BCUT2D eigenvalue weighted by Crippen LogP contribution is -2.11. The first-order chi connectivity index (χ1) is 7.24. The summed E-state index contributed by atoms with van der Waals surface area (Å²) in [5, 5.41) is 8.89. The predicted octanol–water partition coefficient (Wildman–Crippen LogP) is 2.18. The molecule has 0 radical (unpaired) electrons. The topological polar surface area (TPSA) is 57.9 Å². The third kappa shape index (κ3) is 3.35. The molecule has 86 valence electrons. The number of benzene rings is 1. The average molecular weight is 237 g/mol. The molecule has 0 fully saturated rings. The van der Waals surface area contributed by atoms with Crippen LogP contribution in [-0.4, -0.2) is 14.7 Å². The molecule has 0 unspecified atom stereocenters. The molecule has 0 bridgehead atoms. The van der Waals surface area contributed by atoms with Crippen LogP contribution in [0, 0.1) is 16.7 Å². The third-order valence-corrected chi connectivity index (χ3v) is 3.43. The van der Waals surface area contributed by atoms with Crippen LogP contribution in [0.15, 0.2) is 29.2 Å². The van der Waals surface area contributed by atoms with Gasteiger partial charge in [0, 0.05) is 6.26 Å². The Kier molecular flexibility index (Phi) is 3.39. The SMILES string of the molecule is CC(C)(C#N)Cc1ccc(S(C)(=O)=O)cc1. The molecule has 0 aliphatic heterocycles. The van der Waals surface area contributed by atoms with E-state index in [4.69, 9.17) is 5.26 Å². The Morgan fingerprint density at radius 2 is 1.75 bits per heavy atom. The van der Waals surface area contributed by atoms with Crippen molar-refractivity contribution >= 4 is 9.84 Å². The summed E-state index contributed by atoms with van der Waals surface area (Å²) in [5.74, 6) is 0. The fraction of sp³-hybridized carbons (Fsp3) is 0.417. The molecular weight excluding hydrogens is 222 g/mol. The zero-order valence-electron chi connectivity index (χ0n) is 9.69. The van der Waals surface area contributed by atoms with E-state index in [-0.39, 0.29) is 0 Å². The molecule has 0 amide bonds. The first kappa shape index (κ1) is 12.7. The molecule has 1 aromatic carbocycles. The van der Waals surface area contributed by atoms with Gasteiger partial charge in [0.25, 0.3) is 0 Å². The lowest BCUT2D eigenvalue weighted by Gasteiger charge is -2.14. The van der Waals surface area contributed by atoms with Crippen LogP contribution in [0.2, 0.25) is 0 Å². The van der Waals surface area contributed by atoms with Gasteiger partial charge in [-0.05, 0) is 38.0 Å². The Hall–Kier alpha value is -1.34. The normalized spacial score (nSPS) is 12.1. The minimum Gasteiger partial charge on any atom is -0.224 e. The zero-order chi connectivity index (χ0) is 12.4. The van der Waals surface area contributed by atoms with Gasteiger partial charge in [0.05, 0.1) is 16.4 Å². The van der Waals surface area contributed by atoms with Crippen molar-refractivity contribution < 1.29 is 8.42 Å². The Morgan fingerprint density at radius 3 is 2.12 bits per heavy atom. The van der Waals surface area contributed by atoms with Crippen molar-refractivity contribution in [2.75, 3.05) is 6.26 Å². The van der Waals surface area contributed by atoms with Crippen molar-refractivity contribution in [3.8, 4) is 6.07 Å². The van der Waals surface area contributed by atoms with Gasteiger partial charge in [-0.25, -0.2) is 8.42 Å². The molecule has 0 N–H and O–H groups in total. The molecular formula is C12H15NO2S. The van der Waals surface area contributed by atoms with Gasteiger partial charge in [0.15, 0.2) is 9.84 Å². The summed E-state index contributed by atoms with van der Waals surface area (Å²) in [4.78, 5) is 0.311. The van der Waals surface area contributed by atoms with E-state index in [0.29, 0.717) is 11.3 Å². The fourth-order valence-corrected chi connectivity index (χ4v) is 2.03. The predicted molar refractivity (Wildman–Crippen MR) is 62.6 cm³/mol. The smallest absolute Gasteiger partial charge is 0.175 e. The molecule has 1 aromatic rings.